The largest absolute Gasteiger partial charge is 0.450 e. The highest BCUT2D eigenvalue weighted by atomic mass is 28.3. The van der Waals surface area contributed by atoms with Gasteiger partial charge in [0.25, 0.3) is 0 Å². The summed E-state index contributed by atoms with van der Waals surface area (Å²) in [7, 11) is -1.19. The van der Waals surface area contributed by atoms with Crippen molar-refractivity contribution in [3.63, 3.8) is 0 Å². The number of aromatic nitrogens is 2. The van der Waals surface area contributed by atoms with Crippen LogP contribution in [-0.4, -0.2) is 42.1 Å². The molecule has 1 N–H and O–H groups in total. The monoisotopic (exact) mass is 330 g/mol. The Morgan fingerprint density at radius 1 is 1.50 bits per heavy atom. The molecule has 0 unspecified atom stereocenters. The molecule has 1 aromatic rings. The predicted molar refractivity (Wildman–Crippen MR) is 83.6 cm³/mol. The van der Waals surface area contributed by atoms with Gasteiger partial charge in [-0.2, -0.15) is 4.68 Å². The van der Waals surface area contributed by atoms with Gasteiger partial charge in [0.1, 0.15) is 0 Å². The number of hydrogen-bond donors (Lipinski definition) is 1. The summed E-state index contributed by atoms with van der Waals surface area (Å²) in [6, 6.07) is 0.990. The van der Waals surface area contributed by atoms with E-state index in [-0.39, 0.29) is 19.0 Å². The fourth-order valence-corrected chi connectivity index (χ4v) is 2.27. The molecule has 1 amide bonds. The number of ether oxygens (including phenoxy) is 2. The molecule has 0 spiro atoms. The number of hydrogen-bond acceptors (Lipinski definition) is 6. The third-order valence-electron chi connectivity index (χ3n) is 2.65. The highest BCUT2D eigenvalue weighted by Crippen LogP contribution is 2.22. The van der Waals surface area contributed by atoms with Gasteiger partial charge in [0, 0.05) is 14.7 Å². The first-order valence-electron chi connectivity index (χ1n) is 6.96. The van der Waals surface area contributed by atoms with Crippen LogP contribution in [0.3, 0.4) is 0 Å². The highest BCUT2D eigenvalue weighted by molar-refractivity contribution is 6.76. The maximum Gasteiger partial charge on any atom is 0.413 e. The van der Waals surface area contributed by atoms with Gasteiger partial charge in [-0.1, -0.05) is 19.6 Å². The number of carbonyl (C=O) groups excluding carboxylic acids is 1. The molecule has 0 radical (unpaired) electrons. The summed E-state index contributed by atoms with van der Waals surface area (Å²) in [6.07, 6.45) is 0.591. The Morgan fingerprint density at radius 3 is 2.73 bits per heavy atom. The number of carbonyl (C=O) groups is 1. The van der Waals surface area contributed by atoms with E-state index in [0.717, 1.165) is 6.04 Å². The number of nitrogens with zero attached hydrogens (tertiary/aromatic N) is 3. The minimum atomic E-state index is -1.19. The molecule has 0 aliphatic carbocycles. The van der Waals surface area contributed by atoms with Crippen LogP contribution in [0, 0.1) is 10.1 Å². The Kier molecular flexibility index (Phi) is 6.50. The number of amides is 1. The third kappa shape index (κ3) is 6.22. The van der Waals surface area contributed by atoms with Gasteiger partial charge in [0.05, 0.1) is 17.9 Å². The van der Waals surface area contributed by atoms with Gasteiger partial charge < -0.3 is 19.6 Å². The van der Waals surface area contributed by atoms with Crippen molar-refractivity contribution in [3.8, 4) is 0 Å². The van der Waals surface area contributed by atoms with E-state index in [9.17, 15) is 14.9 Å². The molecule has 1 heterocycles. The van der Waals surface area contributed by atoms with E-state index < -0.39 is 24.9 Å². The van der Waals surface area contributed by atoms with Crippen LogP contribution in [-0.2, 0) is 16.2 Å². The van der Waals surface area contributed by atoms with Crippen molar-refractivity contribution in [2.75, 3.05) is 18.5 Å². The minimum absolute atomic E-state index is 0.0164. The van der Waals surface area contributed by atoms with Gasteiger partial charge in [-0.25, -0.2) is 4.79 Å². The quantitative estimate of drug-likeness (QED) is 0.340. The molecule has 0 atom stereocenters. The molecule has 124 valence electrons. The lowest BCUT2D eigenvalue weighted by Crippen LogP contribution is -2.22. The first-order chi connectivity index (χ1) is 10.2. The lowest BCUT2D eigenvalue weighted by molar-refractivity contribution is -0.389. The summed E-state index contributed by atoms with van der Waals surface area (Å²) < 4.78 is 11.4. The summed E-state index contributed by atoms with van der Waals surface area (Å²) in [5.74, 6) is -0.443. The van der Waals surface area contributed by atoms with Gasteiger partial charge in [0.2, 0.25) is 0 Å². The van der Waals surface area contributed by atoms with Crippen LogP contribution in [0.2, 0.25) is 25.7 Å². The molecule has 0 fully saturated rings. The van der Waals surface area contributed by atoms with E-state index in [4.69, 9.17) is 4.74 Å². The van der Waals surface area contributed by atoms with Crippen LogP contribution in [0.1, 0.15) is 6.92 Å². The number of nitrogens with one attached hydrogen (secondary N) is 1. The fraction of sp³-hybridized carbons (Fsp3) is 0.667. The molecule has 0 aromatic carbocycles. The van der Waals surface area contributed by atoms with Crippen LogP contribution in [0.15, 0.2) is 6.20 Å². The molecule has 22 heavy (non-hydrogen) atoms. The zero-order chi connectivity index (χ0) is 16.8. The smallest absolute Gasteiger partial charge is 0.413 e. The Balaban J connectivity index is 2.65. The van der Waals surface area contributed by atoms with E-state index in [1.54, 1.807) is 6.92 Å². The second-order valence-corrected chi connectivity index (χ2v) is 11.5. The van der Waals surface area contributed by atoms with E-state index in [2.05, 4.69) is 34.8 Å². The van der Waals surface area contributed by atoms with Gasteiger partial charge in [-0.05, 0) is 17.9 Å². The van der Waals surface area contributed by atoms with E-state index in [1.807, 2.05) is 0 Å². The average Bonchev–Trinajstić information content (AvgIpc) is 2.77. The number of rotatable bonds is 8. The third-order valence-corrected chi connectivity index (χ3v) is 4.35. The lowest BCUT2D eigenvalue weighted by atomic mass is 10.5. The zero-order valence-electron chi connectivity index (χ0n) is 13.3. The molecule has 1 aromatic heterocycles. The summed E-state index contributed by atoms with van der Waals surface area (Å²) in [5.41, 5.74) is -0.0164. The molecule has 10 heteroatoms. The molecule has 0 aliphatic rings. The summed E-state index contributed by atoms with van der Waals surface area (Å²) in [5, 5.41) is 17.0. The van der Waals surface area contributed by atoms with Crippen LogP contribution in [0.5, 0.6) is 0 Å². The van der Waals surface area contributed by atoms with Crippen molar-refractivity contribution in [2.45, 2.75) is 39.3 Å². The van der Waals surface area contributed by atoms with Crippen LogP contribution in [0.4, 0.5) is 16.3 Å². The van der Waals surface area contributed by atoms with Gasteiger partial charge in [-0.3, -0.25) is 5.32 Å². The Labute approximate surface area is 129 Å². The van der Waals surface area contributed by atoms with Crippen molar-refractivity contribution in [2.24, 2.45) is 0 Å². The van der Waals surface area contributed by atoms with Crippen molar-refractivity contribution in [1.29, 1.82) is 0 Å². The highest BCUT2D eigenvalue weighted by Gasteiger charge is 2.23. The van der Waals surface area contributed by atoms with Gasteiger partial charge >= 0.3 is 11.9 Å². The standard InChI is InChI=1S/C12H22N4O5Si/c1-5-21-12(17)13-10-8-15(14-11(10)16(18)19)9-20-6-7-22(2,3)4/h8H,5-7,9H2,1-4H3,(H,13,17). The zero-order valence-corrected chi connectivity index (χ0v) is 14.3. The second kappa shape index (κ2) is 7.89. The fourth-order valence-electron chi connectivity index (χ4n) is 1.51. The molecular weight excluding hydrogens is 308 g/mol. The predicted octanol–water partition coefficient (Wildman–Crippen LogP) is 2.67. The second-order valence-electron chi connectivity index (χ2n) is 5.86. The topological polar surface area (TPSA) is 109 Å². The van der Waals surface area contributed by atoms with Crippen molar-refractivity contribution >= 4 is 25.7 Å². The Morgan fingerprint density at radius 2 is 2.18 bits per heavy atom. The summed E-state index contributed by atoms with van der Waals surface area (Å²) in [6.45, 7) is 9.18. The van der Waals surface area contributed by atoms with E-state index in [0.29, 0.717) is 6.61 Å². The van der Waals surface area contributed by atoms with E-state index in [1.165, 1.54) is 10.9 Å². The SMILES string of the molecule is CCOC(=O)Nc1cn(COCC[Si](C)(C)C)nc1[N+](=O)[O-]. The maximum atomic E-state index is 11.3. The molecule has 1 rings (SSSR count). The maximum absolute atomic E-state index is 11.3. The molecule has 0 bridgehead atoms. The van der Waals surface area contributed by atoms with Crippen LogP contribution < -0.4 is 5.32 Å². The first kappa shape index (κ1) is 18.1. The lowest BCUT2D eigenvalue weighted by Gasteiger charge is -2.14. The molecule has 0 saturated heterocycles. The van der Waals surface area contributed by atoms with Gasteiger partial charge in [-0.15, -0.1) is 0 Å². The first-order valence-corrected chi connectivity index (χ1v) is 10.7. The Hall–Kier alpha value is -1.94. The van der Waals surface area contributed by atoms with Crippen LogP contribution in [0.25, 0.3) is 0 Å². The molecular formula is C12H22N4O5Si. The molecule has 9 nitrogen and oxygen atoms in total. The minimum Gasteiger partial charge on any atom is -0.450 e. The van der Waals surface area contributed by atoms with Crippen molar-refractivity contribution in [1.82, 2.24) is 9.78 Å². The van der Waals surface area contributed by atoms with Crippen LogP contribution >= 0.6 is 0 Å². The number of anilines is 1. The summed E-state index contributed by atoms with van der Waals surface area (Å²) in [4.78, 5) is 21.6. The average molecular weight is 330 g/mol. The van der Waals surface area contributed by atoms with E-state index >= 15 is 0 Å². The number of nitro groups is 1. The molecule has 0 aliphatic heterocycles. The molecule has 0 saturated carbocycles. The Bertz CT molecular complexity index is 526. The van der Waals surface area contributed by atoms with Gasteiger partial charge in [0.15, 0.2) is 12.4 Å². The summed E-state index contributed by atoms with van der Waals surface area (Å²) >= 11 is 0. The normalized spacial score (nSPS) is 11.3. The van der Waals surface area contributed by atoms with Crippen molar-refractivity contribution < 1.29 is 19.2 Å². The van der Waals surface area contributed by atoms with Crippen molar-refractivity contribution in [3.05, 3.63) is 16.3 Å².